The van der Waals surface area contributed by atoms with E-state index in [0.717, 1.165) is 11.1 Å². The molecule has 2 aromatic carbocycles. The summed E-state index contributed by atoms with van der Waals surface area (Å²) in [6, 6.07) is 19.3. The number of hydrazone groups is 1. The molecule has 0 radical (unpaired) electrons. The predicted molar refractivity (Wildman–Crippen MR) is 101 cm³/mol. The molecule has 6 heteroatoms. The molecule has 0 N–H and O–H groups in total. The number of halogens is 1. The first kappa shape index (κ1) is 16.9. The van der Waals surface area contributed by atoms with Crippen LogP contribution in [0.1, 0.15) is 11.1 Å². The molecule has 3 rings (SSSR count). The fourth-order valence-electron chi connectivity index (χ4n) is 2.31. The maximum absolute atomic E-state index is 12.5. The van der Waals surface area contributed by atoms with Gasteiger partial charge in [-0.1, -0.05) is 72.3 Å². The Morgan fingerprint density at radius 2 is 1.76 bits per heavy atom. The second-order valence-corrected chi connectivity index (χ2v) is 5.85. The van der Waals surface area contributed by atoms with Crippen LogP contribution in [0.3, 0.4) is 0 Å². The second kappa shape index (κ2) is 7.77. The molecule has 0 atom stereocenters. The quantitative estimate of drug-likeness (QED) is 0.522. The summed E-state index contributed by atoms with van der Waals surface area (Å²) in [7, 11) is 1.73. The molecule has 0 fully saturated rings. The molecular weight excluding hydrogens is 336 g/mol. The summed E-state index contributed by atoms with van der Waals surface area (Å²) in [5, 5.41) is 10.2. The maximum Gasteiger partial charge on any atom is 0.288 e. The summed E-state index contributed by atoms with van der Waals surface area (Å²) in [5.41, 5.74) is 2.06. The zero-order valence-electron chi connectivity index (χ0n) is 13.7. The van der Waals surface area contributed by atoms with Crippen molar-refractivity contribution in [3.8, 4) is 0 Å². The van der Waals surface area contributed by atoms with Gasteiger partial charge in [0.15, 0.2) is 0 Å². The number of aromatic nitrogens is 2. The second-order valence-electron chi connectivity index (χ2n) is 5.47. The van der Waals surface area contributed by atoms with Crippen molar-refractivity contribution in [3.63, 3.8) is 0 Å². The summed E-state index contributed by atoms with van der Waals surface area (Å²) >= 11 is 6.25. The van der Waals surface area contributed by atoms with Crippen LogP contribution in [-0.4, -0.2) is 23.0 Å². The molecule has 0 saturated carbocycles. The Morgan fingerprint density at radius 1 is 1.12 bits per heavy atom. The third kappa shape index (κ3) is 4.14. The lowest BCUT2D eigenvalue weighted by Gasteiger charge is -2.15. The standard InChI is InChI=1S/C19H17ClN4O/c1-23(21-12-15-8-4-2-5-9-15)17-13-22-24(19(25)18(17)20)14-16-10-6-3-7-11-16/h2-13H,14H2,1H3/b21-12+. The number of anilines is 1. The highest BCUT2D eigenvalue weighted by Crippen LogP contribution is 2.20. The van der Waals surface area contributed by atoms with E-state index in [1.54, 1.807) is 19.5 Å². The van der Waals surface area contributed by atoms with Crippen LogP contribution in [0, 0.1) is 0 Å². The van der Waals surface area contributed by atoms with Crippen molar-refractivity contribution in [1.82, 2.24) is 9.78 Å². The summed E-state index contributed by atoms with van der Waals surface area (Å²) in [5.74, 6) is 0. The van der Waals surface area contributed by atoms with Gasteiger partial charge in [-0.25, -0.2) is 4.68 Å². The van der Waals surface area contributed by atoms with Crippen LogP contribution < -0.4 is 10.6 Å². The van der Waals surface area contributed by atoms with Gasteiger partial charge in [0, 0.05) is 7.05 Å². The van der Waals surface area contributed by atoms with Crippen molar-refractivity contribution >= 4 is 23.5 Å². The van der Waals surface area contributed by atoms with E-state index in [0.29, 0.717) is 12.2 Å². The van der Waals surface area contributed by atoms with Gasteiger partial charge in [0.05, 0.1) is 19.0 Å². The molecule has 1 aromatic heterocycles. The Kier molecular flexibility index (Phi) is 5.26. The monoisotopic (exact) mass is 352 g/mol. The molecule has 1 heterocycles. The van der Waals surface area contributed by atoms with Gasteiger partial charge in [0.1, 0.15) is 10.7 Å². The molecular formula is C19H17ClN4O. The first-order valence-corrected chi connectivity index (χ1v) is 8.15. The first-order chi connectivity index (χ1) is 12.1. The highest BCUT2D eigenvalue weighted by atomic mass is 35.5. The van der Waals surface area contributed by atoms with Crippen LogP contribution in [0.25, 0.3) is 0 Å². The minimum atomic E-state index is -0.343. The van der Waals surface area contributed by atoms with Crippen LogP contribution in [0.15, 0.2) is 76.8 Å². The Labute approximate surface area is 150 Å². The molecule has 0 spiro atoms. The van der Waals surface area contributed by atoms with Gasteiger partial charge in [0.25, 0.3) is 5.56 Å². The molecule has 126 valence electrons. The number of nitrogens with zero attached hydrogens (tertiary/aromatic N) is 4. The van der Waals surface area contributed by atoms with Crippen molar-refractivity contribution in [2.75, 3.05) is 12.1 Å². The first-order valence-electron chi connectivity index (χ1n) is 7.77. The summed E-state index contributed by atoms with van der Waals surface area (Å²) in [4.78, 5) is 12.5. The highest BCUT2D eigenvalue weighted by molar-refractivity contribution is 6.33. The van der Waals surface area contributed by atoms with E-state index < -0.39 is 0 Å². The van der Waals surface area contributed by atoms with Crippen molar-refractivity contribution in [2.45, 2.75) is 6.54 Å². The molecule has 0 aliphatic rings. The summed E-state index contributed by atoms with van der Waals surface area (Å²) < 4.78 is 1.34. The Hall–Kier alpha value is -2.92. The Balaban J connectivity index is 1.82. The molecule has 25 heavy (non-hydrogen) atoms. The van der Waals surface area contributed by atoms with E-state index in [9.17, 15) is 4.79 Å². The van der Waals surface area contributed by atoms with Gasteiger partial charge < -0.3 is 0 Å². The highest BCUT2D eigenvalue weighted by Gasteiger charge is 2.12. The smallest absolute Gasteiger partial charge is 0.266 e. The Bertz CT molecular complexity index is 923. The molecule has 0 amide bonds. The molecule has 0 saturated heterocycles. The molecule has 5 nitrogen and oxygen atoms in total. The van der Waals surface area contributed by atoms with Gasteiger partial charge in [-0.05, 0) is 11.1 Å². The lowest BCUT2D eigenvalue weighted by molar-refractivity contribution is 0.638. The largest absolute Gasteiger partial charge is 0.288 e. The van der Waals surface area contributed by atoms with E-state index in [2.05, 4.69) is 10.2 Å². The van der Waals surface area contributed by atoms with Gasteiger partial charge >= 0.3 is 0 Å². The maximum atomic E-state index is 12.5. The van der Waals surface area contributed by atoms with Crippen LogP contribution in [0.4, 0.5) is 5.69 Å². The van der Waals surface area contributed by atoms with E-state index in [1.807, 2.05) is 60.7 Å². The predicted octanol–water partition coefficient (Wildman–Crippen LogP) is 3.42. The Morgan fingerprint density at radius 3 is 2.44 bits per heavy atom. The fraction of sp³-hybridized carbons (Fsp3) is 0.105. The van der Waals surface area contributed by atoms with Gasteiger partial charge in [-0.2, -0.15) is 10.2 Å². The molecule has 0 bridgehead atoms. The fourth-order valence-corrected chi connectivity index (χ4v) is 2.57. The van der Waals surface area contributed by atoms with Gasteiger partial charge in [-0.15, -0.1) is 0 Å². The molecule has 3 aromatic rings. The van der Waals surface area contributed by atoms with Crippen molar-refractivity contribution in [1.29, 1.82) is 0 Å². The topological polar surface area (TPSA) is 50.5 Å². The SMILES string of the molecule is CN(/N=C/c1ccccc1)c1cnn(Cc2ccccc2)c(=O)c1Cl. The van der Waals surface area contributed by atoms with Crippen molar-refractivity contribution < 1.29 is 0 Å². The van der Waals surface area contributed by atoms with Crippen LogP contribution >= 0.6 is 11.6 Å². The van der Waals surface area contributed by atoms with Crippen LogP contribution in [0.5, 0.6) is 0 Å². The van der Waals surface area contributed by atoms with Crippen LogP contribution in [0.2, 0.25) is 5.02 Å². The van der Waals surface area contributed by atoms with E-state index in [1.165, 1.54) is 9.69 Å². The number of hydrogen-bond donors (Lipinski definition) is 0. The van der Waals surface area contributed by atoms with Crippen molar-refractivity contribution in [2.24, 2.45) is 5.10 Å². The van der Waals surface area contributed by atoms with Gasteiger partial charge in [-0.3, -0.25) is 9.80 Å². The minimum Gasteiger partial charge on any atom is -0.266 e. The zero-order valence-corrected chi connectivity index (χ0v) is 14.5. The van der Waals surface area contributed by atoms with Crippen molar-refractivity contribution in [3.05, 3.63) is 93.4 Å². The summed E-state index contributed by atoms with van der Waals surface area (Å²) in [6.07, 6.45) is 3.25. The third-order valence-electron chi connectivity index (χ3n) is 3.67. The van der Waals surface area contributed by atoms with E-state index in [-0.39, 0.29) is 10.6 Å². The van der Waals surface area contributed by atoms with Gasteiger partial charge in [0.2, 0.25) is 0 Å². The average Bonchev–Trinajstić information content (AvgIpc) is 2.65. The number of rotatable bonds is 5. The normalized spacial score (nSPS) is 11.0. The third-order valence-corrected chi connectivity index (χ3v) is 4.03. The van der Waals surface area contributed by atoms with E-state index >= 15 is 0 Å². The average molecular weight is 353 g/mol. The summed E-state index contributed by atoms with van der Waals surface area (Å²) in [6.45, 7) is 0.372. The van der Waals surface area contributed by atoms with Crippen LogP contribution in [-0.2, 0) is 6.54 Å². The lowest BCUT2D eigenvalue weighted by atomic mass is 10.2. The van der Waals surface area contributed by atoms with E-state index in [4.69, 9.17) is 11.6 Å². The molecule has 0 aliphatic carbocycles. The number of benzene rings is 2. The molecule has 0 aliphatic heterocycles. The minimum absolute atomic E-state index is 0.0960. The zero-order chi connectivity index (χ0) is 17.6. The number of hydrogen-bond acceptors (Lipinski definition) is 4. The molecule has 0 unspecified atom stereocenters. The lowest BCUT2D eigenvalue weighted by Crippen LogP contribution is -2.26.